The molecule has 0 spiro atoms. The average molecular weight is 461 g/mol. The number of fused-ring (bicyclic) bond motifs is 1. The number of nitrogens with one attached hydrogen (secondary N) is 1. The molecule has 0 unspecified atom stereocenters. The Morgan fingerprint density at radius 2 is 1.79 bits per heavy atom. The largest absolute Gasteiger partial charge is 0.424 e. The summed E-state index contributed by atoms with van der Waals surface area (Å²) in [6.07, 6.45) is 3.20. The van der Waals surface area contributed by atoms with Crippen LogP contribution in [0.15, 0.2) is 40.4 Å². The number of hydrogen-bond acceptors (Lipinski definition) is 8. The van der Waals surface area contributed by atoms with E-state index >= 15 is 0 Å². The maximum absolute atomic E-state index is 6.16. The second kappa shape index (κ2) is 8.76. The first-order valence-corrected chi connectivity index (χ1v) is 11.8. The summed E-state index contributed by atoms with van der Waals surface area (Å²) in [5, 5.41) is 7.45. The summed E-state index contributed by atoms with van der Waals surface area (Å²) in [7, 11) is 2.14. The molecule has 0 atom stereocenters. The van der Waals surface area contributed by atoms with Gasteiger partial charge in [0.2, 0.25) is 0 Å². The highest BCUT2D eigenvalue weighted by molar-refractivity contribution is 5.65. The molecule has 1 saturated heterocycles. The number of aromatic nitrogens is 3. The lowest BCUT2D eigenvalue weighted by molar-refractivity contribution is 0.311. The van der Waals surface area contributed by atoms with Crippen molar-refractivity contribution in [2.24, 2.45) is 0 Å². The lowest BCUT2D eigenvalue weighted by atomic mass is 9.93. The molecule has 1 aliphatic carbocycles. The van der Waals surface area contributed by atoms with E-state index in [1.807, 2.05) is 18.2 Å². The smallest absolute Gasteiger partial charge is 0.325 e. The Balaban J connectivity index is 1.44. The van der Waals surface area contributed by atoms with Crippen molar-refractivity contribution in [3.05, 3.63) is 52.8 Å². The molecule has 0 bridgehead atoms. The van der Waals surface area contributed by atoms with Crippen LogP contribution in [0.1, 0.15) is 44.6 Å². The van der Waals surface area contributed by atoms with Gasteiger partial charge in [-0.25, -0.2) is 0 Å². The van der Waals surface area contributed by atoms with Gasteiger partial charge in [0.1, 0.15) is 23.1 Å². The molecule has 1 N–H and O–H groups in total. The minimum Gasteiger partial charge on any atom is -0.424 e. The SMILES string of the molecule is CC1=Cc2cc(Oc3nc(Nc4cc(C(C)(C)C)on4)cc(N4CCN(C)CC4)n3)ccc2C1. The number of anilines is 3. The molecule has 5 rings (SSSR count). The fourth-order valence-corrected chi connectivity index (χ4v) is 4.19. The minimum atomic E-state index is -0.127. The van der Waals surface area contributed by atoms with Gasteiger partial charge >= 0.3 is 6.01 Å². The summed E-state index contributed by atoms with van der Waals surface area (Å²) in [5.74, 6) is 3.59. The molecule has 1 aliphatic heterocycles. The number of likely N-dealkylation sites (N-methyl/N-ethyl adjacent to an activating group) is 1. The van der Waals surface area contributed by atoms with Gasteiger partial charge in [-0.05, 0) is 43.7 Å². The fraction of sp³-hybridized carbons (Fsp3) is 0.423. The van der Waals surface area contributed by atoms with Crippen molar-refractivity contribution in [3.63, 3.8) is 0 Å². The molecule has 1 fully saturated rings. The van der Waals surface area contributed by atoms with Crippen molar-refractivity contribution >= 4 is 23.5 Å². The lowest BCUT2D eigenvalue weighted by Crippen LogP contribution is -2.44. The van der Waals surface area contributed by atoms with Gasteiger partial charge in [-0.1, -0.05) is 43.6 Å². The van der Waals surface area contributed by atoms with Crippen molar-refractivity contribution in [1.82, 2.24) is 20.0 Å². The van der Waals surface area contributed by atoms with E-state index < -0.39 is 0 Å². The van der Waals surface area contributed by atoms with E-state index in [2.05, 4.69) is 78.2 Å². The number of allylic oxidation sites excluding steroid dienone is 1. The lowest BCUT2D eigenvalue weighted by Gasteiger charge is -2.33. The predicted molar refractivity (Wildman–Crippen MR) is 134 cm³/mol. The third-order valence-electron chi connectivity index (χ3n) is 6.22. The zero-order valence-corrected chi connectivity index (χ0v) is 20.6. The Hall–Kier alpha value is -3.39. The molecule has 178 valence electrons. The third-order valence-corrected chi connectivity index (χ3v) is 6.22. The Bertz CT molecular complexity index is 1220. The summed E-state index contributed by atoms with van der Waals surface area (Å²) >= 11 is 0. The van der Waals surface area contributed by atoms with Crippen LogP contribution in [0.5, 0.6) is 11.8 Å². The van der Waals surface area contributed by atoms with Gasteiger partial charge < -0.3 is 24.4 Å². The van der Waals surface area contributed by atoms with E-state index in [0.29, 0.717) is 17.6 Å². The second-order valence-electron chi connectivity index (χ2n) is 10.3. The predicted octanol–water partition coefficient (Wildman–Crippen LogP) is 5.01. The van der Waals surface area contributed by atoms with Gasteiger partial charge in [-0.2, -0.15) is 9.97 Å². The number of nitrogens with zero attached hydrogens (tertiary/aromatic N) is 5. The van der Waals surface area contributed by atoms with Crippen LogP contribution in [0.25, 0.3) is 6.08 Å². The van der Waals surface area contributed by atoms with Crippen LogP contribution in [-0.4, -0.2) is 53.3 Å². The Labute approximate surface area is 200 Å². The van der Waals surface area contributed by atoms with Gasteiger partial charge in [0.25, 0.3) is 0 Å². The van der Waals surface area contributed by atoms with Gasteiger partial charge in [0, 0.05) is 43.7 Å². The second-order valence-corrected chi connectivity index (χ2v) is 10.3. The Morgan fingerprint density at radius 3 is 2.53 bits per heavy atom. The highest BCUT2D eigenvalue weighted by Crippen LogP contribution is 2.32. The summed E-state index contributed by atoms with van der Waals surface area (Å²) in [5.41, 5.74) is 3.74. The van der Waals surface area contributed by atoms with Crippen LogP contribution < -0.4 is 15.0 Å². The normalized spacial score (nSPS) is 16.4. The maximum atomic E-state index is 6.16. The van der Waals surface area contributed by atoms with Gasteiger partial charge in [0.15, 0.2) is 5.82 Å². The molecule has 3 heterocycles. The number of hydrogen-bond donors (Lipinski definition) is 1. The standard InChI is InChI=1S/C26H32N6O2/c1-17-12-18-6-7-20(14-19(18)13-17)33-25-28-22(27-23-15-21(34-30-23)26(2,3)4)16-24(29-25)32-10-8-31(5)9-11-32/h6-7,13-16H,8-12H2,1-5H3,(H,27,28,29,30). The zero-order valence-electron chi connectivity index (χ0n) is 20.6. The molecule has 3 aromatic rings. The third kappa shape index (κ3) is 4.92. The van der Waals surface area contributed by atoms with E-state index in [1.165, 1.54) is 16.7 Å². The molecule has 2 aromatic heterocycles. The quantitative estimate of drug-likeness (QED) is 0.569. The van der Waals surface area contributed by atoms with Crippen LogP contribution in [-0.2, 0) is 11.8 Å². The molecule has 0 radical (unpaired) electrons. The highest BCUT2D eigenvalue weighted by Gasteiger charge is 2.22. The Morgan fingerprint density at radius 1 is 1.00 bits per heavy atom. The van der Waals surface area contributed by atoms with E-state index in [1.54, 1.807) is 0 Å². The number of rotatable bonds is 5. The van der Waals surface area contributed by atoms with Crippen molar-refractivity contribution in [1.29, 1.82) is 0 Å². The van der Waals surface area contributed by atoms with Crippen molar-refractivity contribution in [2.75, 3.05) is 43.4 Å². The topological polar surface area (TPSA) is 79.5 Å². The first kappa shape index (κ1) is 22.4. The molecule has 2 aliphatic rings. The maximum Gasteiger partial charge on any atom is 0.325 e. The van der Waals surface area contributed by atoms with Crippen LogP contribution >= 0.6 is 0 Å². The van der Waals surface area contributed by atoms with Crippen molar-refractivity contribution in [2.45, 2.75) is 39.5 Å². The molecular weight excluding hydrogens is 428 g/mol. The molecular formula is C26H32N6O2. The van der Waals surface area contributed by atoms with E-state index in [0.717, 1.165) is 49.9 Å². The molecule has 8 nitrogen and oxygen atoms in total. The molecule has 1 aromatic carbocycles. The monoisotopic (exact) mass is 460 g/mol. The molecule has 0 amide bonds. The van der Waals surface area contributed by atoms with E-state index in [-0.39, 0.29) is 5.41 Å². The Kier molecular flexibility index (Phi) is 5.77. The summed E-state index contributed by atoms with van der Waals surface area (Å²) in [6.45, 7) is 12.2. The van der Waals surface area contributed by atoms with Crippen LogP contribution in [0.2, 0.25) is 0 Å². The molecule has 0 saturated carbocycles. The highest BCUT2D eigenvalue weighted by atomic mass is 16.5. The van der Waals surface area contributed by atoms with Crippen molar-refractivity contribution in [3.8, 4) is 11.8 Å². The summed E-state index contributed by atoms with van der Waals surface area (Å²) in [4.78, 5) is 14.0. The number of ether oxygens (including phenoxy) is 1. The van der Waals surface area contributed by atoms with Crippen LogP contribution in [0.4, 0.5) is 17.5 Å². The molecule has 8 heteroatoms. The summed E-state index contributed by atoms with van der Waals surface area (Å²) in [6, 6.07) is 10.3. The average Bonchev–Trinajstić information content (AvgIpc) is 3.39. The van der Waals surface area contributed by atoms with E-state index in [9.17, 15) is 0 Å². The minimum absolute atomic E-state index is 0.127. The molecule has 34 heavy (non-hydrogen) atoms. The van der Waals surface area contributed by atoms with E-state index in [4.69, 9.17) is 14.2 Å². The fourth-order valence-electron chi connectivity index (χ4n) is 4.19. The van der Waals surface area contributed by atoms with Gasteiger partial charge in [-0.15, -0.1) is 0 Å². The van der Waals surface area contributed by atoms with Crippen LogP contribution in [0, 0.1) is 0 Å². The number of benzene rings is 1. The van der Waals surface area contributed by atoms with Crippen molar-refractivity contribution < 1.29 is 9.26 Å². The first-order chi connectivity index (χ1) is 16.2. The van der Waals surface area contributed by atoms with Gasteiger partial charge in [0.05, 0.1) is 0 Å². The first-order valence-electron chi connectivity index (χ1n) is 11.8. The van der Waals surface area contributed by atoms with Crippen LogP contribution in [0.3, 0.4) is 0 Å². The zero-order chi connectivity index (χ0) is 23.9. The number of piperazine rings is 1. The summed E-state index contributed by atoms with van der Waals surface area (Å²) < 4.78 is 11.7. The van der Waals surface area contributed by atoms with Gasteiger partial charge in [-0.3, -0.25) is 0 Å².